The number of piperidine rings is 1. The molecule has 1 aromatic heterocycles. The Morgan fingerprint density at radius 1 is 1.24 bits per heavy atom. The second-order valence-electron chi connectivity index (χ2n) is 10.6. The summed E-state index contributed by atoms with van der Waals surface area (Å²) in [5, 5.41) is 11.1. The van der Waals surface area contributed by atoms with Crippen molar-refractivity contribution in [3.8, 4) is 5.75 Å². The molecule has 3 N–H and O–H groups in total. The summed E-state index contributed by atoms with van der Waals surface area (Å²) in [7, 11) is 1.61. The van der Waals surface area contributed by atoms with Gasteiger partial charge in [0, 0.05) is 30.3 Å². The van der Waals surface area contributed by atoms with E-state index in [0.29, 0.717) is 24.2 Å². The Balaban J connectivity index is 1.38. The zero-order chi connectivity index (χ0) is 24.0. The second kappa shape index (κ2) is 11.8. The third-order valence-electron chi connectivity index (χ3n) is 8.49. The number of benzene rings is 1. The van der Waals surface area contributed by atoms with Crippen LogP contribution in [0.1, 0.15) is 81.5 Å². The molecule has 1 aromatic carbocycles. The normalized spacial score (nSPS) is 20.5. The van der Waals surface area contributed by atoms with Gasteiger partial charge in [0.1, 0.15) is 11.9 Å². The molecule has 1 aliphatic carbocycles. The van der Waals surface area contributed by atoms with E-state index in [1.807, 2.05) is 18.2 Å². The zero-order valence-corrected chi connectivity index (χ0v) is 20.8. The minimum absolute atomic E-state index is 0.130. The molecule has 1 aliphatic heterocycles. The van der Waals surface area contributed by atoms with Gasteiger partial charge in [-0.15, -0.1) is 0 Å². The number of methoxy groups -OCH3 is 1. The Morgan fingerprint density at radius 3 is 2.68 bits per heavy atom. The van der Waals surface area contributed by atoms with Crippen molar-refractivity contribution < 1.29 is 14.2 Å². The van der Waals surface area contributed by atoms with Crippen LogP contribution in [-0.2, 0) is 6.54 Å². The molecule has 0 unspecified atom stereocenters. The molecule has 5 nitrogen and oxygen atoms in total. The number of likely N-dealkylation sites (tertiary alicyclic amines) is 1. The fourth-order valence-electron chi connectivity index (χ4n) is 6.05. The first kappa shape index (κ1) is 25.3. The molecule has 2 aliphatic rings. The molecule has 6 heteroatoms. The van der Waals surface area contributed by atoms with Crippen molar-refractivity contribution in [3.63, 3.8) is 0 Å². The zero-order valence-electron chi connectivity index (χ0n) is 20.8. The number of halogens is 1. The van der Waals surface area contributed by atoms with Crippen molar-refractivity contribution in [2.24, 2.45) is 17.1 Å². The lowest BCUT2D eigenvalue weighted by Gasteiger charge is -2.41. The van der Waals surface area contributed by atoms with Gasteiger partial charge in [-0.1, -0.05) is 32.1 Å². The molecule has 1 saturated carbocycles. The average molecular weight is 472 g/mol. The quantitative estimate of drug-likeness (QED) is 0.476. The van der Waals surface area contributed by atoms with E-state index in [-0.39, 0.29) is 18.6 Å². The Hall–Kier alpha value is -1.76. The smallest absolute Gasteiger partial charge is 0.126 e. The Morgan fingerprint density at radius 2 is 2.00 bits per heavy atom. The summed E-state index contributed by atoms with van der Waals surface area (Å²) < 4.78 is 21.2. The number of aromatic nitrogens is 1. The number of alkyl halides is 1. The molecule has 1 atom stereocenters. The van der Waals surface area contributed by atoms with E-state index >= 15 is 4.39 Å². The highest BCUT2D eigenvalue weighted by molar-refractivity contribution is 5.85. The Kier molecular flexibility index (Phi) is 8.78. The first-order chi connectivity index (χ1) is 16.6. The van der Waals surface area contributed by atoms with Crippen molar-refractivity contribution in [1.82, 2.24) is 9.88 Å². The Bertz CT molecular complexity index is 918. The van der Waals surface area contributed by atoms with Crippen LogP contribution in [0.4, 0.5) is 4.39 Å². The van der Waals surface area contributed by atoms with Gasteiger partial charge in [0.15, 0.2) is 0 Å². The topological polar surface area (TPSA) is 71.6 Å². The van der Waals surface area contributed by atoms with Gasteiger partial charge in [-0.25, -0.2) is 4.39 Å². The number of hydrogen-bond acceptors (Lipinski definition) is 5. The van der Waals surface area contributed by atoms with Crippen LogP contribution in [0.15, 0.2) is 24.4 Å². The SMILES string of the molecule is COc1ccc2ncc(CN)c([C@H](F)CCC3(CO)CCN(CCC4CCCCC4)CC3)c2c1. The van der Waals surface area contributed by atoms with Gasteiger partial charge in [-0.2, -0.15) is 0 Å². The van der Waals surface area contributed by atoms with E-state index in [1.165, 1.54) is 45.1 Å². The molecule has 2 fully saturated rings. The van der Waals surface area contributed by atoms with Crippen LogP contribution < -0.4 is 10.5 Å². The van der Waals surface area contributed by atoms with Gasteiger partial charge in [-0.05, 0) is 86.8 Å². The number of nitrogens with two attached hydrogens (primary N) is 1. The number of rotatable bonds is 10. The van der Waals surface area contributed by atoms with Crippen LogP contribution in [0.3, 0.4) is 0 Å². The van der Waals surface area contributed by atoms with Crippen LogP contribution in [0.5, 0.6) is 5.75 Å². The predicted molar refractivity (Wildman–Crippen MR) is 136 cm³/mol. The van der Waals surface area contributed by atoms with E-state index in [0.717, 1.165) is 48.3 Å². The van der Waals surface area contributed by atoms with Crippen LogP contribution >= 0.6 is 0 Å². The van der Waals surface area contributed by atoms with E-state index in [2.05, 4.69) is 9.88 Å². The number of ether oxygens (including phenoxy) is 1. The van der Waals surface area contributed by atoms with Gasteiger partial charge in [-0.3, -0.25) is 4.98 Å². The van der Waals surface area contributed by atoms with Crippen molar-refractivity contribution in [1.29, 1.82) is 0 Å². The molecule has 0 radical (unpaired) electrons. The van der Waals surface area contributed by atoms with E-state index < -0.39 is 6.17 Å². The monoisotopic (exact) mass is 471 g/mol. The van der Waals surface area contributed by atoms with E-state index in [9.17, 15) is 5.11 Å². The maximum absolute atomic E-state index is 15.8. The van der Waals surface area contributed by atoms with Crippen molar-refractivity contribution >= 4 is 10.9 Å². The molecular weight excluding hydrogens is 429 g/mol. The first-order valence-electron chi connectivity index (χ1n) is 13.2. The first-order valence-corrected chi connectivity index (χ1v) is 13.2. The lowest BCUT2D eigenvalue weighted by molar-refractivity contribution is 0.0281. The number of nitrogens with zero attached hydrogens (tertiary/aromatic N) is 2. The molecule has 188 valence electrons. The molecule has 34 heavy (non-hydrogen) atoms. The van der Waals surface area contributed by atoms with Gasteiger partial charge >= 0.3 is 0 Å². The standard InChI is InChI=1S/C28H42FN3O2/c1-34-23-7-8-26-24(17-23)27(22(18-30)19-31-26)25(29)9-11-28(20-33)12-15-32(16-13-28)14-10-21-5-3-2-4-6-21/h7-8,17,19,21,25,33H,2-6,9-16,18,20,30H2,1H3/t25-/m1/s1. The lowest BCUT2D eigenvalue weighted by Crippen LogP contribution is -2.42. The number of hydrogen-bond donors (Lipinski definition) is 2. The molecule has 0 bridgehead atoms. The summed E-state index contributed by atoms with van der Waals surface area (Å²) >= 11 is 0. The highest BCUT2D eigenvalue weighted by Crippen LogP contribution is 2.41. The number of pyridine rings is 1. The average Bonchev–Trinajstić information content (AvgIpc) is 2.90. The summed E-state index contributed by atoms with van der Waals surface area (Å²) in [6.45, 7) is 3.56. The van der Waals surface area contributed by atoms with Gasteiger partial charge in [0.2, 0.25) is 0 Å². The lowest BCUT2D eigenvalue weighted by atomic mass is 9.74. The van der Waals surface area contributed by atoms with Gasteiger partial charge in [0.05, 0.1) is 12.6 Å². The highest BCUT2D eigenvalue weighted by Gasteiger charge is 2.35. The summed E-state index contributed by atoms with van der Waals surface area (Å²) in [5.41, 5.74) is 7.89. The number of fused-ring (bicyclic) bond motifs is 1. The molecule has 1 saturated heterocycles. The summed E-state index contributed by atoms with van der Waals surface area (Å²) in [5.74, 6) is 1.58. The molecule has 4 rings (SSSR count). The highest BCUT2D eigenvalue weighted by atomic mass is 19.1. The van der Waals surface area contributed by atoms with Crippen molar-refractivity contribution in [2.45, 2.75) is 76.9 Å². The van der Waals surface area contributed by atoms with Gasteiger partial charge in [0.25, 0.3) is 0 Å². The minimum atomic E-state index is -1.15. The number of aliphatic hydroxyl groups excluding tert-OH is 1. The molecule has 2 aromatic rings. The summed E-state index contributed by atoms with van der Waals surface area (Å²) in [6, 6.07) is 5.57. The Labute approximate surface area is 203 Å². The largest absolute Gasteiger partial charge is 0.497 e. The van der Waals surface area contributed by atoms with Crippen LogP contribution in [-0.4, -0.2) is 48.3 Å². The fourth-order valence-corrected chi connectivity index (χ4v) is 6.05. The third-order valence-corrected chi connectivity index (χ3v) is 8.49. The van der Waals surface area contributed by atoms with Crippen LogP contribution in [0.2, 0.25) is 0 Å². The van der Waals surface area contributed by atoms with E-state index in [1.54, 1.807) is 13.3 Å². The number of aliphatic hydroxyl groups is 1. The summed E-state index contributed by atoms with van der Waals surface area (Å²) in [6.07, 6.45) is 11.8. The molecule has 0 spiro atoms. The maximum atomic E-state index is 15.8. The van der Waals surface area contributed by atoms with Crippen LogP contribution in [0.25, 0.3) is 10.9 Å². The molecule has 2 heterocycles. The maximum Gasteiger partial charge on any atom is 0.126 e. The predicted octanol–water partition coefficient (Wildman–Crippen LogP) is 5.54. The van der Waals surface area contributed by atoms with Crippen molar-refractivity contribution in [2.75, 3.05) is 33.4 Å². The van der Waals surface area contributed by atoms with E-state index in [4.69, 9.17) is 10.5 Å². The van der Waals surface area contributed by atoms with Crippen molar-refractivity contribution in [3.05, 3.63) is 35.5 Å². The fraction of sp³-hybridized carbons (Fsp3) is 0.679. The molecular formula is C28H42FN3O2. The third kappa shape index (κ3) is 5.89. The minimum Gasteiger partial charge on any atom is -0.497 e. The summed E-state index contributed by atoms with van der Waals surface area (Å²) in [4.78, 5) is 7.02. The van der Waals surface area contributed by atoms with Crippen LogP contribution in [0, 0.1) is 11.3 Å². The molecule has 0 amide bonds. The van der Waals surface area contributed by atoms with Gasteiger partial charge < -0.3 is 20.5 Å². The second-order valence-corrected chi connectivity index (χ2v) is 10.6.